The molecule has 1 aromatic heterocycles. The van der Waals surface area contributed by atoms with Crippen LogP contribution in [-0.4, -0.2) is 52.2 Å². The number of nitrogens with zero attached hydrogens (tertiary/aromatic N) is 3. The third-order valence-electron chi connectivity index (χ3n) is 6.13. The predicted octanol–water partition coefficient (Wildman–Crippen LogP) is 3.92. The van der Waals surface area contributed by atoms with Gasteiger partial charge in [-0.1, -0.05) is 18.2 Å². The van der Waals surface area contributed by atoms with Gasteiger partial charge in [0.25, 0.3) is 11.8 Å². The molecule has 0 saturated carbocycles. The van der Waals surface area contributed by atoms with E-state index < -0.39 is 0 Å². The highest BCUT2D eigenvalue weighted by atomic mass is 16.5. The summed E-state index contributed by atoms with van der Waals surface area (Å²) < 4.78 is 7.25. The molecule has 172 valence electrons. The molecule has 2 amide bonds. The molecule has 4 rings (SSSR count). The minimum atomic E-state index is -0.122. The number of likely N-dealkylation sites (tertiary alicyclic amines) is 1. The zero-order valence-corrected chi connectivity index (χ0v) is 19.4. The first-order valence-corrected chi connectivity index (χ1v) is 11.4. The fourth-order valence-corrected chi connectivity index (χ4v) is 4.21. The Hall–Kier alpha value is -3.61. The molecule has 1 aliphatic heterocycles. The van der Waals surface area contributed by atoms with Gasteiger partial charge < -0.3 is 15.0 Å². The Morgan fingerprint density at radius 1 is 1.06 bits per heavy atom. The highest BCUT2D eigenvalue weighted by Gasteiger charge is 2.26. The van der Waals surface area contributed by atoms with Gasteiger partial charge in [-0.25, -0.2) is 4.68 Å². The van der Waals surface area contributed by atoms with Crippen molar-refractivity contribution in [2.45, 2.75) is 39.7 Å². The number of piperidine rings is 1. The monoisotopic (exact) mass is 446 g/mol. The molecule has 7 heteroatoms. The zero-order chi connectivity index (χ0) is 23.4. The summed E-state index contributed by atoms with van der Waals surface area (Å²) in [6.45, 7) is 7.68. The molecule has 7 nitrogen and oxygen atoms in total. The Balaban J connectivity index is 1.34. The molecular weight excluding hydrogens is 416 g/mol. The number of benzene rings is 2. The lowest BCUT2D eigenvalue weighted by Crippen LogP contribution is -2.46. The van der Waals surface area contributed by atoms with Crippen molar-refractivity contribution in [3.8, 4) is 11.4 Å². The van der Waals surface area contributed by atoms with Gasteiger partial charge in [0.15, 0.2) is 0 Å². The van der Waals surface area contributed by atoms with Crippen molar-refractivity contribution in [2.24, 2.45) is 0 Å². The summed E-state index contributed by atoms with van der Waals surface area (Å²) >= 11 is 0. The summed E-state index contributed by atoms with van der Waals surface area (Å²) in [6, 6.07) is 15.2. The molecule has 1 saturated heterocycles. The second-order valence-corrected chi connectivity index (χ2v) is 8.34. The molecule has 2 aromatic carbocycles. The summed E-state index contributed by atoms with van der Waals surface area (Å²) in [4.78, 5) is 27.6. The molecule has 0 radical (unpaired) electrons. The van der Waals surface area contributed by atoms with E-state index in [0.29, 0.717) is 30.8 Å². The van der Waals surface area contributed by atoms with Crippen LogP contribution in [0.3, 0.4) is 0 Å². The van der Waals surface area contributed by atoms with Gasteiger partial charge in [-0.05, 0) is 69.5 Å². The molecule has 0 spiro atoms. The molecule has 1 N–H and O–H groups in total. The fraction of sp³-hybridized carbons (Fsp3) is 0.346. The number of carbonyl (C=O) groups excluding carboxylic acids is 2. The molecule has 3 aromatic rings. The highest BCUT2D eigenvalue weighted by molar-refractivity contribution is 5.96. The Kier molecular flexibility index (Phi) is 6.77. The number of aryl methyl sites for hydroxylation is 1. The molecule has 0 aliphatic carbocycles. The third-order valence-corrected chi connectivity index (χ3v) is 6.13. The molecule has 1 aliphatic rings. The Morgan fingerprint density at radius 2 is 1.76 bits per heavy atom. The van der Waals surface area contributed by atoms with Crippen LogP contribution in [0.1, 0.15) is 51.7 Å². The Labute approximate surface area is 194 Å². The minimum Gasteiger partial charge on any atom is -0.494 e. The Morgan fingerprint density at radius 3 is 2.42 bits per heavy atom. The lowest BCUT2D eigenvalue weighted by atomic mass is 10.0. The summed E-state index contributed by atoms with van der Waals surface area (Å²) in [5.74, 6) is 0.651. The van der Waals surface area contributed by atoms with Crippen molar-refractivity contribution in [2.75, 3.05) is 19.7 Å². The van der Waals surface area contributed by atoms with E-state index in [1.54, 1.807) is 18.3 Å². The first-order chi connectivity index (χ1) is 16.0. The lowest BCUT2D eigenvalue weighted by Gasteiger charge is -2.32. The van der Waals surface area contributed by atoms with Gasteiger partial charge in [0.05, 0.1) is 29.7 Å². The van der Waals surface area contributed by atoms with E-state index >= 15 is 0 Å². The first-order valence-electron chi connectivity index (χ1n) is 11.4. The summed E-state index contributed by atoms with van der Waals surface area (Å²) in [6.07, 6.45) is 3.07. The first kappa shape index (κ1) is 22.6. The second-order valence-electron chi connectivity index (χ2n) is 8.34. The van der Waals surface area contributed by atoms with Gasteiger partial charge in [0.2, 0.25) is 0 Å². The minimum absolute atomic E-state index is 0.0122. The molecule has 0 bridgehead atoms. The SMILES string of the molecule is CCOc1ccc(C(=O)N2CCC(NC(=O)c3cnn(-c4ccccc4C)c3C)CC2)cc1. The Bertz CT molecular complexity index is 1130. The number of ether oxygens (including phenoxy) is 1. The predicted molar refractivity (Wildman–Crippen MR) is 127 cm³/mol. The van der Waals surface area contributed by atoms with Crippen molar-refractivity contribution in [1.82, 2.24) is 20.0 Å². The summed E-state index contributed by atoms with van der Waals surface area (Å²) in [5.41, 5.74) is 4.10. The van der Waals surface area contributed by atoms with Crippen LogP contribution < -0.4 is 10.1 Å². The molecule has 1 fully saturated rings. The normalized spacial score (nSPS) is 14.2. The number of nitrogens with one attached hydrogen (secondary N) is 1. The molecular formula is C26H30N4O3. The molecule has 0 atom stereocenters. The number of para-hydroxylation sites is 1. The van der Waals surface area contributed by atoms with Gasteiger partial charge in [-0.2, -0.15) is 5.10 Å². The van der Waals surface area contributed by atoms with Gasteiger partial charge in [0, 0.05) is 24.7 Å². The standard InChI is InChI=1S/C26H30N4O3/c1-4-33-22-11-9-20(10-12-22)26(32)29-15-13-21(14-16-29)28-25(31)23-17-27-30(19(23)3)24-8-6-5-7-18(24)2/h5-12,17,21H,4,13-16H2,1-3H3,(H,28,31). The average Bonchev–Trinajstić information content (AvgIpc) is 3.21. The number of hydrogen-bond acceptors (Lipinski definition) is 4. The van der Waals surface area contributed by atoms with Crippen LogP contribution in [0.4, 0.5) is 0 Å². The maximum Gasteiger partial charge on any atom is 0.254 e. The van der Waals surface area contributed by atoms with Crippen molar-refractivity contribution in [1.29, 1.82) is 0 Å². The van der Waals surface area contributed by atoms with Crippen LogP contribution in [-0.2, 0) is 0 Å². The van der Waals surface area contributed by atoms with Crippen molar-refractivity contribution >= 4 is 11.8 Å². The highest BCUT2D eigenvalue weighted by Crippen LogP contribution is 2.20. The lowest BCUT2D eigenvalue weighted by molar-refractivity contribution is 0.0698. The van der Waals surface area contributed by atoms with E-state index in [0.717, 1.165) is 35.5 Å². The second kappa shape index (κ2) is 9.90. The number of carbonyl (C=O) groups is 2. The molecule has 0 unspecified atom stereocenters. The van der Waals surface area contributed by atoms with Crippen LogP contribution in [0.5, 0.6) is 5.75 Å². The van der Waals surface area contributed by atoms with Gasteiger partial charge in [0.1, 0.15) is 5.75 Å². The van der Waals surface area contributed by atoms with Crippen LogP contribution in [0.15, 0.2) is 54.7 Å². The van der Waals surface area contributed by atoms with E-state index in [9.17, 15) is 9.59 Å². The van der Waals surface area contributed by atoms with Crippen molar-refractivity contribution < 1.29 is 14.3 Å². The molecule has 33 heavy (non-hydrogen) atoms. The van der Waals surface area contributed by atoms with E-state index in [4.69, 9.17) is 4.74 Å². The van der Waals surface area contributed by atoms with Crippen molar-refractivity contribution in [3.63, 3.8) is 0 Å². The van der Waals surface area contributed by atoms with Crippen LogP contribution >= 0.6 is 0 Å². The van der Waals surface area contributed by atoms with Gasteiger partial charge in [-0.3, -0.25) is 9.59 Å². The summed E-state index contributed by atoms with van der Waals surface area (Å²) in [7, 11) is 0. The van der Waals surface area contributed by atoms with E-state index in [-0.39, 0.29) is 17.9 Å². The van der Waals surface area contributed by atoms with E-state index in [1.165, 1.54) is 0 Å². The van der Waals surface area contributed by atoms with Crippen molar-refractivity contribution in [3.05, 3.63) is 77.1 Å². The maximum atomic E-state index is 12.9. The number of rotatable bonds is 6. The quantitative estimate of drug-likeness (QED) is 0.623. The maximum absolute atomic E-state index is 12.9. The number of amides is 2. The topological polar surface area (TPSA) is 76.5 Å². The van der Waals surface area contributed by atoms with E-state index in [1.807, 2.05) is 66.8 Å². The van der Waals surface area contributed by atoms with Crippen LogP contribution in [0.25, 0.3) is 5.69 Å². The zero-order valence-electron chi connectivity index (χ0n) is 19.4. The van der Waals surface area contributed by atoms with Gasteiger partial charge >= 0.3 is 0 Å². The number of hydrogen-bond donors (Lipinski definition) is 1. The van der Waals surface area contributed by atoms with E-state index in [2.05, 4.69) is 10.4 Å². The van der Waals surface area contributed by atoms with Crippen LogP contribution in [0.2, 0.25) is 0 Å². The fourth-order valence-electron chi connectivity index (χ4n) is 4.21. The van der Waals surface area contributed by atoms with Crippen LogP contribution in [0, 0.1) is 13.8 Å². The molecule has 2 heterocycles. The largest absolute Gasteiger partial charge is 0.494 e. The smallest absolute Gasteiger partial charge is 0.254 e. The third kappa shape index (κ3) is 4.92. The van der Waals surface area contributed by atoms with Gasteiger partial charge in [-0.15, -0.1) is 0 Å². The summed E-state index contributed by atoms with van der Waals surface area (Å²) in [5, 5.41) is 7.57. The number of aromatic nitrogens is 2. The average molecular weight is 447 g/mol.